The molecule has 5 heteroatoms. The second kappa shape index (κ2) is 5.43. The van der Waals surface area contributed by atoms with Crippen LogP contribution in [-0.2, 0) is 10.0 Å². The summed E-state index contributed by atoms with van der Waals surface area (Å²) in [7, 11) is -3.34. The zero-order valence-electron chi connectivity index (χ0n) is 11.7. The lowest BCUT2D eigenvalue weighted by atomic mass is 10.2. The topological polar surface area (TPSA) is 37.4 Å². The van der Waals surface area contributed by atoms with Gasteiger partial charge in [0.2, 0.25) is 10.0 Å². The standard InChI is InChI=1S/C15H20BrNO2S/c1-11-8-14(6-7-15(11)16)20(18,19)17(9-12-2-3-12)10-13-4-5-13/h6-8,12-13H,2-5,9-10H2,1H3. The van der Waals surface area contributed by atoms with E-state index in [0.717, 1.165) is 10.0 Å². The highest BCUT2D eigenvalue weighted by molar-refractivity contribution is 9.10. The average Bonchev–Trinajstić information content (AvgIpc) is 3.26. The van der Waals surface area contributed by atoms with Gasteiger partial charge in [0.1, 0.15) is 0 Å². The van der Waals surface area contributed by atoms with Crippen LogP contribution in [0.15, 0.2) is 27.6 Å². The van der Waals surface area contributed by atoms with E-state index in [2.05, 4.69) is 15.9 Å². The van der Waals surface area contributed by atoms with Gasteiger partial charge in [0.25, 0.3) is 0 Å². The number of hydrogen-bond acceptors (Lipinski definition) is 2. The summed E-state index contributed by atoms with van der Waals surface area (Å²) in [6.45, 7) is 3.33. The van der Waals surface area contributed by atoms with Crippen LogP contribution in [-0.4, -0.2) is 25.8 Å². The van der Waals surface area contributed by atoms with Crippen LogP contribution in [0.3, 0.4) is 0 Å². The lowest BCUT2D eigenvalue weighted by Gasteiger charge is -2.22. The van der Waals surface area contributed by atoms with Gasteiger partial charge in [-0.15, -0.1) is 0 Å². The Morgan fingerprint density at radius 3 is 2.15 bits per heavy atom. The highest BCUT2D eigenvalue weighted by Crippen LogP contribution is 2.36. The summed E-state index contributed by atoms with van der Waals surface area (Å²) in [6.07, 6.45) is 4.71. The Hall–Kier alpha value is -0.390. The Labute approximate surface area is 129 Å². The molecule has 3 nitrogen and oxygen atoms in total. The van der Waals surface area contributed by atoms with Crippen LogP contribution in [0.2, 0.25) is 0 Å². The van der Waals surface area contributed by atoms with E-state index in [1.807, 2.05) is 13.0 Å². The van der Waals surface area contributed by atoms with Crippen molar-refractivity contribution >= 4 is 26.0 Å². The van der Waals surface area contributed by atoms with Crippen molar-refractivity contribution in [1.82, 2.24) is 4.31 Å². The molecule has 0 radical (unpaired) electrons. The van der Waals surface area contributed by atoms with Crippen molar-refractivity contribution < 1.29 is 8.42 Å². The van der Waals surface area contributed by atoms with Gasteiger partial charge in [-0.2, -0.15) is 4.31 Å². The van der Waals surface area contributed by atoms with Crippen molar-refractivity contribution in [3.05, 3.63) is 28.2 Å². The lowest BCUT2D eigenvalue weighted by molar-refractivity contribution is 0.382. The summed E-state index contributed by atoms with van der Waals surface area (Å²) in [6, 6.07) is 5.31. The average molecular weight is 358 g/mol. The fraction of sp³-hybridized carbons (Fsp3) is 0.600. The van der Waals surface area contributed by atoms with E-state index in [9.17, 15) is 8.42 Å². The molecular weight excluding hydrogens is 338 g/mol. The number of halogens is 1. The quantitative estimate of drug-likeness (QED) is 0.780. The first-order valence-corrected chi connectivity index (χ1v) is 9.46. The fourth-order valence-corrected chi connectivity index (χ4v) is 4.30. The molecule has 3 rings (SSSR count). The number of sulfonamides is 1. The molecule has 0 aliphatic heterocycles. The molecule has 1 aromatic carbocycles. The molecule has 2 saturated carbocycles. The van der Waals surface area contributed by atoms with Gasteiger partial charge in [0.15, 0.2) is 0 Å². The molecule has 20 heavy (non-hydrogen) atoms. The van der Waals surface area contributed by atoms with Gasteiger partial charge in [-0.25, -0.2) is 8.42 Å². The molecule has 1 aromatic rings. The molecule has 2 aliphatic carbocycles. The van der Waals surface area contributed by atoms with Crippen molar-refractivity contribution in [2.24, 2.45) is 11.8 Å². The zero-order chi connectivity index (χ0) is 14.3. The van der Waals surface area contributed by atoms with Crippen molar-refractivity contribution in [2.75, 3.05) is 13.1 Å². The number of hydrogen-bond donors (Lipinski definition) is 0. The normalized spacial score (nSPS) is 19.6. The molecule has 0 heterocycles. The first-order chi connectivity index (χ1) is 9.46. The predicted octanol–water partition coefficient (Wildman–Crippen LogP) is 3.57. The number of nitrogens with zero attached hydrogens (tertiary/aromatic N) is 1. The summed E-state index contributed by atoms with van der Waals surface area (Å²) in [4.78, 5) is 0.430. The summed E-state index contributed by atoms with van der Waals surface area (Å²) in [5.74, 6) is 1.17. The molecule has 0 spiro atoms. The maximum Gasteiger partial charge on any atom is 0.243 e. The van der Waals surface area contributed by atoms with E-state index in [1.165, 1.54) is 25.7 Å². The van der Waals surface area contributed by atoms with E-state index in [-0.39, 0.29) is 0 Å². The summed E-state index contributed by atoms with van der Waals surface area (Å²) < 4.78 is 28.3. The largest absolute Gasteiger partial charge is 0.243 e. The molecule has 0 saturated heterocycles. The SMILES string of the molecule is Cc1cc(S(=O)(=O)N(CC2CC2)CC2CC2)ccc1Br. The second-order valence-corrected chi connectivity index (χ2v) is 8.91. The van der Waals surface area contributed by atoms with Crippen LogP contribution < -0.4 is 0 Å². The van der Waals surface area contributed by atoms with Crippen molar-refractivity contribution in [3.63, 3.8) is 0 Å². The minimum atomic E-state index is -3.34. The highest BCUT2D eigenvalue weighted by Gasteiger charge is 2.35. The van der Waals surface area contributed by atoms with E-state index < -0.39 is 10.0 Å². The Morgan fingerprint density at radius 1 is 1.15 bits per heavy atom. The summed E-state index contributed by atoms with van der Waals surface area (Å²) in [5, 5.41) is 0. The Balaban J connectivity index is 1.86. The molecule has 0 unspecified atom stereocenters. The first-order valence-electron chi connectivity index (χ1n) is 7.23. The molecule has 0 aromatic heterocycles. The molecular formula is C15H20BrNO2S. The number of benzene rings is 1. The Bertz CT molecular complexity index is 592. The second-order valence-electron chi connectivity index (χ2n) is 6.12. The minimum Gasteiger partial charge on any atom is -0.207 e. The van der Waals surface area contributed by atoms with Crippen molar-refractivity contribution in [2.45, 2.75) is 37.5 Å². The monoisotopic (exact) mass is 357 g/mol. The van der Waals surface area contributed by atoms with Crippen LogP contribution in [0.1, 0.15) is 31.2 Å². The first kappa shape index (κ1) is 14.5. The van der Waals surface area contributed by atoms with Crippen molar-refractivity contribution in [3.8, 4) is 0 Å². The number of aryl methyl sites for hydroxylation is 1. The molecule has 110 valence electrons. The zero-order valence-corrected chi connectivity index (χ0v) is 14.1. The molecule has 0 atom stereocenters. The van der Waals surface area contributed by atoms with Gasteiger partial charge in [0.05, 0.1) is 4.90 Å². The van der Waals surface area contributed by atoms with Gasteiger partial charge >= 0.3 is 0 Å². The molecule has 2 aliphatic rings. The van der Waals surface area contributed by atoms with Gasteiger partial charge in [-0.3, -0.25) is 0 Å². The molecule has 0 amide bonds. The van der Waals surface area contributed by atoms with Crippen LogP contribution in [0.5, 0.6) is 0 Å². The van der Waals surface area contributed by atoms with E-state index in [4.69, 9.17) is 0 Å². The number of rotatable bonds is 6. The highest BCUT2D eigenvalue weighted by atomic mass is 79.9. The van der Waals surface area contributed by atoms with E-state index >= 15 is 0 Å². The fourth-order valence-electron chi connectivity index (χ4n) is 2.37. The van der Waals surface area contributed by atoms with Crippen LogP contribution in [0, 0.1) is 18.8 Å². The van der Waals surface area contributed by atoms with Gasteiger partial charge in [-0.1, -0.05) is 15.9 Å². The Kier molecular flexibility index (Phi) is 3.95. The van der Waals surface area contributed by atoms with Crippen LogP contribution >= 0.6 is 15.9 Å². The third-order valence-electron chi connectivity index (χ3n) is 4.08. The molecule has 0 bridgehead atoms. The lowest BCUT2D eigenvalue weighted by Crippen LogP contribution is -2.34. The van der Waals surface area contributed by atoms with E-state index in [0.29, 0.717) is 29.8 Å². The van der Waals surface area contributed by atoms with Crippen LogP contribution in [0.4, 0.5) is 0 Å². The van der Waals surface area contributed by atoms with Gasteiger partial charge in [0, 0.05) is 17.6 Å². The van der Waals surface area contributed by atoms with Crippen LogP contribution in [0.25, 0.3) is 0 Å². The van der Waals surface area contributed by atoms with Gasteiger partial charge < -0.3 is 0 Å². The van der Waals surface area contributed by atoms with Crippen molar-refractivity contribution in [1.29, 1.82) is 0 Å². The third kappa shape index (κ3) is 3.26. The minimum absolute atomic E-state index is 0.430. The van der Waals surface area contributed by atoms with E-state index in [1.54, 1.807) is 16.4 Å². The summed E-state index contributed by atoms with van der Waals surface area (Å²) >= 11 is 3.43. The summed E-state index contributed by atoms with van der Waals surface area (Å²) in [5.41, 5.74) is 0.962. The smallest absolute Gasteiger partial charge is 0.207 e. The molecule has 0 N–H and O–H groups in total. The van der Waals surface area contributed by atoms with Gasteiger partial charge in [-0.05, 0) is 68.2 Å². The maximum atomic E-state index is 12.8. The molecule has 2 fully saturated rings. The maximum absolute atomic E-state index is 12.8. The third-order valence-corrected chi connectivity index (χ3v) is 6.80. The Morgan fingerprint density at radius 2 is 1.70 bits per heavy atom. The predicted molar refractivity (Wildman–Crippen MR) is 83.1 cm³/mol.